The van der Waals surface area contributed by atoms with Crippen LogP contribution >= 0.6 is 0 Å². The first-order chi connectivity index (χ1) is 10.4. The number of nitrogens with zero attached hydrogens (tertiary/aromatic N) is 1. The van der Waals surface area contributed by atoms with Crippen molar-refractivity contribution in [3.8, 4) is 5.75 Å². The Labute approximate surface area is 125 Å². The number of aliphatic hydroxyl groups excluding tert-OH is 1. The molecule has 2 aromatic carbocycles. The molecule has 0 radical (unpaired) electrons. The van der Waals surface area contributed by atoms with E-state index in [1.807, 2.05) is 36.4 Å². The molecule has 110 valence electrons. The van der Waals surface area contributed by atoms with E-state index in [-0.39, 0.29) is 12.6 Å². The predicted molar refractivity (Wildman–Crippen MR) is 83.5 cm³/mol. The van der Waals surface area contributed by atoms with Gasteiger partial charge in [-0.25, -0.2) is 0 Å². The van der Waals surface area contributed by atoms with E-state index >= 15 is 0 Å². The molecule has 1 aliphatic heterocycles. The third-order valence-corrected chi connectivity index (χ3v) is 4.09. The van der Waals surface area contributed by atoms with Crippen LogP contribution in [0.2, 0.25) is 0 Å². The van der Waals surface area contributed by atoms with Gasteiger partial charge in [0.2, 0.25) is 0 Å². The molecule has 0 fully saturated rings. The highest BCUT2D eigenvalue weighted by molar-refractivity contribution is 5.32. The maximum absolute atomic E-state index is 9.74. The monoisotopic (exact) mass is 283 g/mol. The summed E-state index contributed by atoms with van der Waals surface area (Å²) in [5.41, 5.74) is 2.61. The molecule has 3 rings (SSSR count). The van der Waals surface area contributed by atoms with Crippen molar-refractivity contribution in [2.24, 2.45) is 0 Å². The summed E-state index contributed by atoms with van der Waals surface area (Å²) in [4.78, 5) is 2.31. The molecular weight excluding hydrogens is 262 g/mol. The van der Waals surface area contributed by atoms with Crippen molar-refractivity contribution < 1.29 is 9.84 Å². The summed E-state index contributed by atoms with van der Waals surface area (Å²) in [7, 11) is 0. The van der Waals surface area contributed by atoms with Crippen LogP contribution in [-0.4, -0.2) is 36.3 Å². The van der Waals surface area contributed by atoms with Crippen molar-refractivity contribution in [1.82, 2.24) is 4.90 Å². The fourth-order valence-corrected chi connectivity index (χ4v) is 2.98. The van der Waals surface area contributed by atoms with Gasteiger partial charge >= 0.3 is 0 Å². The standard InChI is InChI=1S/C18H21NO2/c20-14-18-17-9-5-4-6-15(17)10-11-19(18)12-13-21-16-7-2-1-3-8-16/h1-9,18,20H,10-14H2. The van der Waals surface area contributed by atoms with Gasteiger partial charge in [-0.2, -0.15) is 0 Å². The van der Waals surface area contributed by atoms with Crippen LogP contribution in [0.5, 0.6) is 5.75 Å². The lowest BCUT2D eigenvalue weighted by molar-refractivity contribution is 0.0985. The summed E-state index contributed by atoms with van der Waals surface area (Å²) < 4.78 is 5.77. The van der Waals surface area contributed by atoms with Crippen molar-refractivity contribution in [1.29, 1.82) is 0 Å². The molecular formula is C18H21NO2. The number of ether oxygens (including phenoxy) is 1. The average molecular weight is 283 g/mol. The molecule has 1 heterocycles. The molecule has 1 unspecified atom stereocenters. The fraction of sp³-hybridized carbons (Fsp3) is 0.333. The first-order valence-corrected chi connectivity index (χ1v) is 7.49. The zero-order valence-electron chi connectivity index (χ0n) is 12.1. The number of hydrogen-bond acceptors (Lipinski definition) is 3. The normalized spacial score (nSPS) is 18.2. The van der Waals surface area contributed by atoms with E-state index in [4.69, 9.17) is 4.74 Å². The number of fused-ring (bicyclic) bond motifs is 1. The lowest BCUT2D eigenvalue weighted by atomic mass is 9.93. The molecule has 0 bridgehead atoms. The SMILES string of the molecule is OCC1c2ccccc2CCN1CCOc1ccccc1. The van der Waals surface area contributed by atoms with Gasteiger partial charge in [-0.3, -0.25) is 4.90 Å². The minimum absolute atomic E-state index is 0.0920. The van der Waals surface area contributed by atoms with Gasteiger partial charge in [0.25, 0.3) is 0 Å². The molecule has 3 heteroatoms. The molecule has 0 aliphatic carbocycles. The summed E-state index contributed by atoms with van der Waals surface area (Å²) in [6, 6.07) is 18.4. The minimum Gasteiger partial charge on any atom is -0.492 e. The second kappa shape index (κ2) is 6.74. The second-order valence-corrected chi connectivity index (χ2v) is 5.34. The van der Waals surface area contributed by atoms with E-state index in [1.54, 1.807) is 0 Å². The van der Waals surface area contributed by atoms with Gasteiger partial charge in [-0.1, -0.05) is 42.5 Å². The Bertz CT molecular complexity index is 570. The summed E-state index contributed by atoms with van der Waals surface area (Å²) in [6.45, 7) is 2.60. The number of rotatable bonds is 5. The van der Waals surface area contributed by atoms with Crippen LogP contribution in [0, 0.1) is 0 Å². The Morgan fingerprint density at radius 1 is 1.05 bits per heavy atom. The third-order valence-electron chi connectivity index (χ3n) is 4.09. The van der Waals surface area contributed by atoms with Crippen molar-refractivity contribution in [2.45, 2.75) is 12.5 Å². The Kier molecular flexibility index (Phi) is 4.53. The Morgan fingerprint density at radius 2 is 1.81 bits per heavy atom. The lowest BCUT2D eigenvalue weighted by Crippen LogP contribution is -2.39. The number of hydrogen-bond donors (Lipinski definition) is 1. The Balaban J connectivity index is 1.61. The van der Waals surface area contributed by atoms with E-state index in [2.05, 4.69) is 23.1 Å². The van der Waals surface area contributed by atoms with Crippen molar-refractivity contribution in [3.05, 3.63) is 65.7 Å². The van der Waals surface area contributed by atoms with Crippen LogP contribution in [0.4, 0.5) is 0 Å². The summed E-state index contributed by atoms with van der Waals surface area (Å²) in [6.07, 6.45) is 1.04. The van der Waals surface area contributed by atoms with Gasteiger partial charge in [0.05, 0.1) is 12.6 Å². The molecule has 0 saturated carbocycles. The molecule has 0 aromatic heterocycles. The molecule has 1 atom stereocenters. The van der Waals surface area contributed by atoms with Crippen molar-refractivity contribution in [3.63, 3.8) is 0 Å². The Hall–Kier alpha value is -1.84. The first-order valence-electron chi connectivity index (χ1n) is 7.49. The highest BCUT2D eigenvalue weighted by atomic mass is 16.5. The highest BCUT2D eigenvalue weighted by Crippen LogP contribution is 2.28. The second-order valence-electron chi connectivity index (χ2n) is 5.34. The van der Waals surface area contributed by atoms with Crippen molar-refractivity contribution in [2.75, 3.05) is 26.3 Å². The number of benzene rings is 2. The predicted octanol–water partition coefficient (Wildman–Crippen LogP) is 2.66. The molecule has 21 heavy (non-hydrogen) atoms. The van der Waals surface area contributed by atoms with Crippen LogP contribution in [0.25, 0.3) is 0 Å². The number of para-hydroxylation sites is 1. The first kappa shape index (κ1) is 14.1. The van der Waals surface area contributed by atoms with Gasteiger partial charge in [0, 0.05) is 13.1 Å². The van der Waals surface area contributed by atoms with Gasteiger partial charge in [0.1, 0.15) is 12.4 Å². The molecule has 2 aromatic rings. The van der Waals surface area contributed by atoms with Gasteiger partial charge in [-0.05, 0) is 29.7 Å². The summed E-state index contributed by atoms with van der Waals surface area (Å²) in [5.74, 6) is 0.899. The van der Waals surface area contributed by atoms with E-state index in [0.29, 0.717) is 6.61 Å². The summed E-state index contributed by atoms with van der Waals surface area (Å²) >= 11 is 0. The van der Waals surface area contributed by atoms with E-state index in [9.17, 15) is 5.11 Å². The van der Waals surface area contributed by atoms with E-state index in [1.165, 1.54) is 11.1 Å². The minimum atomic E-state index is 0.0920. The zero-order valence-corrected chi connectivity index (χ0v) is 12.1. The molecule has 1 N–H and O–H groups in total. The Morgan fingerprint density at radius 3 is 2.62 bits per heavy atom. The van der Waals surface area contributed by atoms with Crippen molar-refractivity contribution >= 4 is 0 Å². The maximum Gasteiger partial charge on any atom is 0.119 e. The molecule has 3 nitrogen and oxygen atoms in total. The largest absolute Gasteiger partial charge is 0.492 e. The number of aliphatic hydroxyl groups is 1. The van der Waals surface area contributed by atoms with Crippen LogP contribution in [0.15, 0.2) is 54.6 Å². The lowest BCUT2D eigenvalue weighted by Gasteiger charge is -2.36. The molecule has 0 amide bonds. The van der Waals surface area contributed by atoms with Crippen LogP contribution < -0.4 is 4.74 Å². The fourth-order valence-electron chi connectivity index (χ4n) is 2.98. The zero-order chi connectivity index (χ0) is 14.5. The topological polar surface area (TPSA) is 32.7 Å². The smallest absolute Gasteiger partial charge is 0.119 e. The van der Waals surface area contributed by atoms with Crippen LogP contribution in [-0.2, 0) is 6.42 Å². The van der Waals surface area contributed by atoms with E-state index < -0.39 is 0 Å². The molecule has 0 spiro atoms. The van der Waals surface area contributed by atoms with Crippen LogP contribution in [0.1, 0.15) is 17.2 Å². The van der Waals surface area contributed by atoms with Crippen LogP contribution in [0.3, 0.4) is 0 Å². The third kappa shape index (κ3) is 3.26. The maximum atomic E-state index is 9.74. The van der Waals surface area contributed by atoms with Gasteiger partial charge in [-0.15, -0.1) is 0 Å². The quantitative estimate of drug-likeness (QED) is 0.915. The van der Waals surface area contributed by atoms with Gasteiger partial charge < -0.3 is 9.84 Å². The van der Waals surface area contributed by atoms with E-state index in [0.717, 1.165) is 25.3 Å². The highest BCUT2D eigenvalue weighted by Gasteiger charge is 2.26. The summed E-state index contributed by atoms with van der Waals surface area (Å²) in [5, 5.41) is 9.74. The average Bonchev–Trinajstić information content (AvgIpc) is 2.55. The van der Waals surface area contributed by atoms with Gasteiger partial charge in [0.15, 0.2) is 0 Å². The molecule has 1 aliphatic rings. The molecule has 0 saturated heterocycles.